The fraction of sp³-hybridized carbons (Fsp3) is 0.318. The molecule has 4 nitrogen and oxygen atoms in total. The molecule has 0 unspecified atom stereocenters. The maximum Gasteiger partial charge on any atom is 0.261 e. The molecular formula is C22H22BrFN2O2. The highest BCUT2D eigenvalue weighted by Gasteiger charge is 2.32. The van der Waals surface area contributed by atoms with E-state index >= 15 is 0 Å². The molecule has 0 aromatic heterocycles. The average molecular weight is 445 g/mol. The topological polar surface area (TPSA) is 61.2 Å². The summed E-state index contributed by atoms with van der Waals surface area (Å²) in [6.45, 7) is 7.75. The van der Waals surface area contributed by atoms with Crippen molar-refractivity contribution in [1.82, 2.24) is 0 Å². The van der Waals surface area contributed by atoms with Gasteiger partial charge in [0.1, 0.15) is 5.82 Å². The van der Waals surface area contributed by atoms with E-state index in [1.807, 2.05) is 13.8 Å². The molecule has 1 aliphatic rings. The van der Waals surface area contributed by atoms with E-state index in [0.29, 0.717) is 46.1 Å². The third-order valence-electron chi connectivity index (χ3n) is 4.68. The Bertz CT molecular complexity index is 964. The van der Waals surface area contributed by atoms with Crippen molar-refractivity contribution >= 4 is 33.8 Å². The monoisotopic (exact) mass is 444 g/mol. The van der Waals surface area contributed by atoms with Gasteiger partial charge in [0.15, 0.2) is 6.29 Å². The van der Waals surface area contributed by atoms with Crippen LogP contribution in [0.15, 0.2) is 34.8 Å². The fourth-order valence-corrected chi connectivity index (χ4v) is 3.55. The van der Waals surface area contributed by atoms with Crippen molar-refractivity contribution in [2.75, 3.05) is 11.4 Å². The molecule has 6 heteroatoms. The Balaban J connectivity index is 0.00000136. The number of nitriles is 1. The van der Waals surface area contributed by atoms with Gasteiger partial charge in [-0.05, 0) is 65.5 Å². The van der Waals surface area contributed by atoms with Crippen molar-refractivity contribution in [2.45, 2.75) is 39.5 Å². The Labute approximate surface area is 173 Å². The van der Waals surface area contributed by atoms with Crippen LogP contribution in [0.5, 0.6) is 0 Å². The van der Waals surface area contributed by atoms with Gasteiger partial charge >= 0.3 is 0 Å². The Kier molecular flexibility index (Phi) is 6.73. The number of aldehydes is 1. The Hall–Kier alpha value is -2.52. The van der Waals surface area contributed by atoms with Crippen LogP contribution in [0.1, 0.15) is 59.5 Å². The number of hydrogen-bond donors (Lipinski definition) is 0. The van der Waals surface area contributed by atoms with E-state index in [4.69, 9.17) is 0 Å². The van der Waals surface area contributed by atoms with Crippen molar-refractivity contribution in [3.8, 4) is 6.07 Å². The molecule has 0 bridgehead atoms. The third kappa shape index (κ3) is 3.85. The van der Waals surface area contributed by atoms with Crippen LogP contribution < -0.4 is 4.90 Å². The quantitative estimate of drug-likeness (QED) is 0.592. The van der Waals surface area contributed by atoms with Crippen molar-refractivity contribution in [3.63, 3.8) is 0 Å². The van der Waals surface area contributed by atoms with Gasteiger partial charge in [-0.2, -0.15) is 5.26 Å². The van der Waals surface area contributed by atoms with Gasteiger partial charge in [-0.25, -0.2) is 4.39 Å². The van der Waals surface area contributed by atoms with Gasteiger partial charge < -0.3 is 4.90 Å². The van der Waals surface area contributed by atoms with Crippen molar-refractivity contribution in [1.29, 1.82) is 5.26 Å². The summed E-state index contributed by atoms with van der Waals surface area (Å²) in [6, 6.07) is 10.3. The molecule has 3 rings (SSSR count). The van der Waals surface area contributed by atoms with Crippen LogP contribution in [-0.2, 0) is 11.8 Å². The van der Waals surface area contributed by atoms with Crippen LogP contribution in [0.3, 0.4) is 0 Å². The Morgan fingerprint density at radius 3 is 2.57 bits per heavy atom. The average Bonchev–Trinajstić information content (AvgIpc) is 2.69. The second-order valence-corrected chi connectivity index (χ2v) is 7.58. The Morgan fingerprint density at radius 2 is 1.96 bits per heavy atom. The predicted molar refractivity (Wildman–Crippen MR) is 111 cm³/mol. The summed E-state index contributed by atoms with van der Waals surface area (Å²) in [5, 5.41) is 9.28. The van der Waals surface area contributed by atoms with E-state index in [-0.39, 0.29) is 5.56 Å². The van der Waals surface area contributed by atoms with E-state index < -0.39 is 17.1 Å². The molecule has 146 valence electrons. The van der Waals surface area contributed by atoms with Gasteiger partial charge in [0.2, 0.25) is 0 Å². The molecule has 2 aromatic rings. The number of carbonyl (C=O) groups excluding carboxylic acids is 2. The highest BCUT2D eigenvalue weighted by Crippen LogP contribution is 2.33. The number of carbonyl (C=O) groups is 2. The smallest absolute Gasteiger partial charge is 0.261 e. The molecule has 0 spiro atoms. The normalized spacial score (nSPS) is 13.2. The lowest BCUT2D eigenvalue weighted by molar-refractivity contribution is 0.0976. The molecule has 2 aromatic carbocycles. The van der Waals surface area contributed by atoms with Gasteiger partial charge in [0.25, 0.3) is 5.91 Å². The molecule has 0 aliphatic carbocycles. The summed E-state index contributed by atoms with van der Waals surface area (Å²) < 4.78 is 15.3. The van der Waals surface area contributed by atoms with Crippen LogP contribution >= 0.6 is 15.9 Å². The molecule has 0 fully saturated rings. The standard InChI is InChI=1S/C20H16BrFN2O2.C2H6/c1-20(2,11-23)13-8-12-6-7-24(19(26)18(12)16(22)9-13)17-5-3-4-15(21)14(17)10-25;1-2/h3-5,8-10H,6-7H2,1-2H3;1-2H3. The second-order valence-electron chi connectivity index (χ2n) is 6.73. The highest BCUT2D eigenvalue weighted by atomic mass is 79.9. The lowest BCUT2D eigenvalue weighted by atomic mass is 9.83. The fourth-order valence-electron chi connectivity index (χ4n) is 3.10. The first-order valence-corrected chi connectivity index (χ1v) is 9.89. The van der Waals surface area contributed by atoms with Crippen molar-refractivity contribution < 1.29 is 14.0 Å². The first-order chi connectivity index (χ1) is 13.3. The highest BCUT2D eigenvalue weighted by molar-refractivity contribution is 9.10. The van der Waals surface area contributed by atoms with Gasteiger partial charge in [-0.15, -0.1) is 0 Å². The zero-order valence-electron chi connectivity index (χ0n) is 16.3. The zero-order chi connectivity index (χ0) is 21.1. The number of rotatable bonds is 3. The SMILES string of the molecule is CC.CC(C)(C#N)c1cc(F)c2c(c1)CCN(c1cccc(Br)c1C=O)C2=O. The van der Waals surface area contributed by atoms with E-state index in [0.717, 1.165) is 0 Å². The molecule has 1 aliphatic heterocycles. The van der Waals surface area contributed by atoms with Gasteiger partial charge in [0, 0.05) is 11.0 Å². The van der Waals surface area contributed by atoms with Crippen molar-refractivity contribution in [3.05, 3.63) is 62.9 Å². The number of halogens is 2. The number of anilines is 1. The molecule has 0 N–H and O–H groups in total. The van der Waals surface area contributed by atoms with E-state index in [2.05, 4.69) is 22.0 Å². The molecule has 1 heterocycles. The number of benzene rings is 2. The lowest BCUT2D eigenvalue weighted by Crippen LogP contribution is -2.39. The number of nitrogens with zero attached hydrogens (tertiary/aromatic N) is 2. The summed E-state index contributed by atoms with van der Waals surface area (Å²) in [5.41, 5.74) is 1.11. The number of hydrogen-bond acceptors (Lipinski definition) is 3. The molecule has 0 saturated heterocycles. The molecule has 0 saturated carbocycles. The molecule has 1 amide bonds. The van der Waals surface area contributed by atoms with Crippen molar-refractivity contribution in [2.24, 2.45) is 0 Å². The summed E-state index contributed by atoms with van der Waals surface area (Å²) in [5.74, 6) is -1.12. The minimum Gasteiger partial charge on any atom is -0.307 e. The Morgan fingerprint density at radius 1 is 1.29 bits per heavy atom. The first kappa shape index (κ1) is 21.8. The summed E-state index contributed by atoms with van der Waals surface area (Å²) >= 11 is 3.31. The zero-order valence-corrected chi connectivity index (χ0v) is 17.9. The van der Waals surface area contributed by atoms with E-state index in [1.54, 1.807) is 38.1 Å². The second kappa shape index (κ2) is 8.66. The van der Waals surface area contributed by atoms with E-state index in [1.165, 1.54) is 11.0 Å². The summed E-state index contributed by atoms with van der Waals surface area (Å²) in [7, 11) is 0. The van der Waals surface area contributed by atoms with Gasteiger partial charge in [-0.1, -0.05) is 26.0 Å². The minimum atomic E-state index is -0.842. The van der Waals surface area contributed by atoms with E-state index in [9.17, 15) is 19.2 Å². The lowest BCUT2D eigenvalue weighted by Gasteiger charge is -2.31. The summed E-state index contributed by atoms with van der Waals surface area (Å²) in [6.07, 6.45) is 1.12. The first-order valence-electron chi connectivity index (χ1n) is 9.10. The van der Waals surface area contributed by atoms with Crippen LogP contribution in [0.2, 0.25) is 0 Å². The number of amides is 1. The molecule has 0 atom stereocenters. The molecule has 0 radical (unpaired) electrons. The predicted octanol–water partition coefficient (Wildman–Crippen LogP) is 5.43. The maximum atomic E-state index is 14.8. The minimum absolute atomic E-state index is 0.00515. The van der Waals surface area contributed by atoms with Crippen LogP contribution in [0.25, 0.3) is 0 Å². The summed E-state index contributed by atoms with van der Waals surface area (Å²) in [4.78, 5) is 25.8. The van der Waals surface area contributed by atoms with Crippen LogP contribution in [0.4, 0.5) is 10.1 Å². The molecule has 28 heavy (non-hydrogen) atoms. The maximum absolute atomic E-state index is 14.8. The van der Waals surface area contributed by atoms with Crippen LogP contribution in [0, 0.1) is 17.1 Å². The largest absolute Gasteiger partial charge is 0.307 e. The van der Waals surface area contributed by atoms with Gasteiger partial charge in [-0.3, -0.25) is 9.59 Å². The molecular weight excluding hydrogens is 423 g/mol. The number of fused-ring (bicyclic) bond motifs is 1. The third-order valence-corrected chi connectivity index (χ3v) is 5.37. The van der Waals surface area contributed by atoms with Crippen LogP contribution in [-0.4, -0.2) is 18.7 Å². The van der Waals surface area contributed by atoms with Gasteiger partial charge in [0.05, 0.1) is 28.3 Å².